The molecule has 1 aromatic carbocycles. The summed E-state index contributed by atoms with van der Waals surface area (Å²) in [6, 6.07) is 10.1. The quantitative estimate of drug-likeness (QED) is 0.732. The minimum absolute atomic E-state index is 0.308. The first-order valence-electron chi connectivity index (χ1n) is 5.97. The van der Waals surface area contributed by atoms with Crippen LogP contribution in [0.4, 0.5) is 0 Å². The lowest BCUT2D eigenvalue weighted by Crippen LogP contribution is -2.34. The third-order valence-corrected chi connectivity index (χ3v) is 4.96. The zero-order valence-electron chi connectivity index (χ0n) is 10.6. The number of hydrogen-bond donors (Lipinski definition) is 0. The summed E-state index contributed by atoms with van der Waals surface area (Å²) in [7, 11) is 1.91. The number of halogens is 3. The average Bonchev–Trinajstić information content (AvgIpc) is 2.82. The second kappa shape index (κ2) is 6.29. The van der Waals surface area contributed by atoms with E-state index in [-0.39, 0.29) is 5.41 Å². The molecule has 0 fully saturated rings. The van der Waals surface area contributed by atoms with Gasteiger partial charge in [0.15, 0.2) is 0 Å². The van der Waals surface area contributed by atoms with E-state index in [1.54, 1.807) is 4.68 Å². The molecule has 2 nitrogen and oxygen atoms in total. The Morgan fingerprint density at radius 1 is 1.21 bits per heavy atom. The molecule has 0 aliphatic carbocycles. The predicted molar refractivity (Wildman–Crippen MR) is 84.2 cm³/mol. The van der Waals surface area contributed by atoms with Gasteiger partial charge in [-0.2, -0.15) is 5.10 Å². The maximum absolute atomic E-state index is 6.25. The summed E-state index contributed by atoms with van der Waals surface area (Å²) < 4.78 is 2.83. The van der Waals surface area contributed by atoms with Crippen molar-refractivity contribution in [2.75, 3.05) is 11.8 Å². The van der Waals surface area contributed by atoms with Crippen LogP contribution < -0.4 is 0 Å². The number of benzene rings is 1. The first-order chi connectivity index (χ1) is 9.11. The molecule has 0 amide bonds. The molecule has 19 heavy (non-hydrogen) atoms. The highest BCUT2D eigenvalue weighted by atomic mass is 79.9. The van der Waals surface area contributed by atoms with E-state index in [4.69, 9.17) is 23.2 Å². The lowest BCUT2D eigenvalue weighted by molar-refractivity contribution is 0.521. The molecule has 1 aromatic heterocycles. The van der Waals surface area contributed by atoms with E-state index in [0.29, 0.717) is 11.8 Å². The number of rotatable bonds is 5. The summed E-state index contributed by atoms with van der Waals surface area (Å²) in [5.74, 6) is 0.908. The van der Waals surface area contributed by atoms with Gasteiger partial charge in [0, 0.05) is 41.3 Å². The van der Waals surface area contributed by atoms with E-state index in [2.05, 4.69) is 27.1 Å². The summed E-state index contributed by atoms with van der Waals surface area (Å²) in [5, 5.41) is 4.43. The molecule has 5 heteroatoms. The Hall–Kier alpha value is -0.510. The van der Waals surface area contributed by atoms with Gasteiger partial charge in [0.1, 0.15) is 0 Å². The Morgan fingerprint density at radius 3 is 2.42 bits per heavy atom. The molecule has 0 unspecified atom stereocenters. The van der Waals surface area contributed by atoms with Crippen molar-refractivity contribution in [1.29, 1.82) is 0 Å². The summed E-state index contributed by atoms with van der Waals surface area (Å²) in [6.07, 6.45) is 2.66. The fourth-order valence-corrected chi connectivity index (χ4v) is 3.63. The molecule has 1 heterocycles. The molecular formula is C14H15BrCl2N2. The van der Waals surface area contributed by atoms with Crippen molar-refractivity contribution in [3.63, 3.8) is 0 Å². The van der Waals surface area contributed by atoms with Gasteiger partial charge in [0.05, 0.1) is 5.69 Å². The Balaban J connectivity index is 2.40. The van der Waals surface area contributed by atoms with Crippen LogP contribution in [0.2, 0.25) is 0 Å². The van der Waals surface area contributed by atoms with E-state index < -0.39 is 0 Å². The molecule has 0 saturated carbocycles. The van der Waals surface area contributed by atoms with Gasteiger partial charge in [-0.25, -0.2) is 0 Å². The molecule has 0 aliphatic heterocycles. The second-order valence-electron chi connectivity index (χ2n) is 4.68. The highest BCUT2D eigenvalue weighted by Gasteiger charge is 2.33. The van der Waals surface area contributed by atoms with Crippen molar-refractivity contribution in [1.82, 2.24) is 9.78 Å². The van der Waals surface area contributed by atoms with Crippen LogP contribution in [0.15, 0.2) is 41.0 Å². The third kappa shape index (κ3) is 3.15. The van der Waals surface area contributed by atoms with E-state index >= 15 is 0 Å². The largest absolute Gasteiger partial charge is 0.276 e. The predicted octanol–water partition coefficient (Wildman–Crippen LogP) is 4.14. The van der Waals surface area contributed by atoms with Crippen molar-refractivity contribution >= 4 is 39.1 Å². The molecule has 0 bridgehead atoms. The van der Waals surface area contributed by atoms with Crippen LogP contribution in [0.5, 0.6) is 0 Å². The topological polar surface area (TPSA) is 17.8 Å². The lowest BCUT2D eigenvalue weighted by atomic mass is 9.80. The summed E-state index contributed by atoms with van der Waals surface area (Å²) >= 11 is 16.1. The first-order valence-corrected chi connectivity index (χ1v) is 7.83. The standard InChI is InChI=1S/C14H15BrCl2N2/c1-19-7-6-11(18-19)8-14(9-16,10-17)12-4-2-3-5-13(12)15/h2-7H,8-10H2,1H3. The minimum Gasteiger partial charge on any atom is -0.276 e. The van der Waals surface area contributed by atoms with Gasteiger partial charge in [-0.15, -0.1) is 23.2 Å². The maximum Gasteiger partial charge on any atom is 0.0634 e. The first kappa shape index (κ1) is 14.9. The molecular weight excluding hydrogens is 347 g/mol. The number of alkyl halides is 2. The van der Waals surface area contributed by atoms with Crippen molar-refractivity contribution in [3.8, 4) is 0 Å². The van der Waals surface area contributed by atoms with E-state index in [1.807, 2.05) is 37.5 Å². The van der Waals surface area contributed by atoms with Gasteiger partial charge >= 0.3 is 0 Å². The summed E-state index contributed by atoms with van der Waals surface area (Å²) in [6.45, 7) is 0. The maximum atomic E-state index is 6.25. The average molecular weight is 362 g/mol. The van der Waals surface area contributed by atoms with Crippen molar-refractivity contribution in [2.24, 2.45) is 7.05 Å². The molecule has 102 valence electrons. The van der Waals surface area contributed by atoms with Gasteiger partial charge in [0.25, 0.3) is 0 Å². The Labute approximate surface area is 131 Å². The molecule has 2 aromatic rings. The van der Waals surface area contributed by atoms with Gasteiger partial charge in [-0.3, -0.25) is 4.68 Å². The monoisotopic (exact) mass is 360 g/mol. The number of aryl methyl sites for hydroxylation is 1. The summed E-state index contributed by atoms with van der Waals surface area (Å²) in [5.41, 5.74) is 1.82. The van der Waals surface area contributed by atoms with Gasteiger partial charge in [0.2, 0.25) is 0 Å². The van der Waals surface area contributed by atoms with Crippen molar-refractivity contribution in [3.05, 3.63) is 52.3 Å². The normalized spacial score (nSPS) is 11.8. The highest BCUT2D eigenvalue weighted by Crippen LogP contribution is 2.35. The van der Waals surface area contributed by atoms with Crippen LogP contribution in [0.1, 0.15) is 11.3 Å². The van der Waals surface area contributed by atoms with Crippen LogP contribution in [-0.4, -0.2) is 21.5 Å². The van der Waals surface area contributed by atoms with E-state index in [0.717, 1.165) is 22.2 Å². The minimum atomic E-state index is -0.308. The molecule has 0 atom stereocenters. The van der Waals surface area contributed by atoms with Crippen LogP contribution >= 0.6 is 39.1 Å². The molecule has 0 radical (unpaired) electrons. The number of hydrogen-bond acceptors (Lipinski definition) is 1. The van der Waals surface area contributed by atoms with E-state index in [1.165, 1.54) is 0 Å². The van der Waals surface area contributed by atoms with Crippen molar-refractivity contribution in [2.45, 2.75) is 11.8 Å². The van der Waals surface area contributed by atoms with Gasteiger partial charge < -0.3 is 0 Å². The lowest BCUT2D eigenvalue weighted by Gasteiger charge is -2.30. The molecule has 0 N–H and O–H groups in total. The van der Waals surface area contributed by atoms with Crippen LogP contribution in [0, 0.1) is 0 Å². The molecule has 0 spiro atoms. The Morgan fingerprint density at radius 2 is 1.89 bits per heavy atom. The Bertz CT molecular complexity index is 550. The fraction of sp³-hybridized carbons (Fsp3) is 0.357. The second-order valence-corrected chi connectivity index (χ2v) is 6.07. The third-order valence-electron chi connectivity index (χ3n) is 3.25. The van der Waals surface area contributed by atoms with Crippen LogP contribution in [-0.2, 0) is 18.9 Å². The van der Waals surface area contributed by atoms with Crippen LogP contribution in [0.25, 0.3) is 0 Å². The molecule has 0 saturated heterocycles. The zero-order chi connectivity index (χ0) is 13.9. The fourth-order valence-electron chi connectivity index (χ4n) is 2.16. The Kier molecular flexibility index (Phi) is 4.93. The number of nitrogens with zero attached hydrogens (tertiary/aromatic N) is 2. The molecule has 0 aliphatic rings. The summed E-state index contributed by atoms with van der Waals surface area (Å²) in [4.78, 5) is 0. The smallest absolute Gasteiger partial charge is 0.0634 e. The highest BCUT2D eigenvalue weighted by molar-refractivity contribution is 9.10. The SMILES string of the molecule is Cn1ccc(CC(CCl)(CCl)c2ccccc2Br)n1. The van der Waals surface area contributed by atoms with Gasteiger partial charge in [-0.1, -0.05) is 34.1 Å². The number of aromatic nitrogens is 2. The zero-order valence-corrected chi connectivity index (χ0v) is 13.7. The molecule has 2 rings (SSSR count). The van der Waals surface area contributed by atoms with E-state index in [9.17, 15) is 0 Å². The van der Waals surface area contributed by atoms with Crippen molar-refractivity contribution < 1.29 is 0 Å². The van der Waals surface area contributed by atoms with Gasteiger partial charge in [-0.05, 0) is 17.7 Å². The van der Waals surface area contributed by atoms with Crippen LogP contribution in [0.3, 0.4) is 0 Å².